The van der Waals surface area contributed by atoms with Crippen molar-refractivity contribution in [3.05, 3.63) is 185 Å². The summed E-state index contributed by atoms with van der Waals surface area (Å²) in [5.41, 5.74) is 12.9. The second kappa shape index (κ2) is 10.4. The van der Waals surface area contributed by atoms with Gasteiger partial charge in [0, 0.05) is 22.1 Å². The minimum Gasteiger partial charge on any atom is -0.208 e. The summed E-state index contributed by atoms with van der Waals surface area (Å²) >= 11 is 0. The molecule has 0 atom stereocenters. The van der Waals surface area contributed by atoms with Gasteiger partial charge in [0.1, 0.15) is 0 Å². The first-order chi connectivity index (χ1) is 23.5. The van der Waals surface area contributed by atoms with Crippen molar-refractivity contribution in [2.45, 2.75) is 24.7 Å². The van der Waals surface area contributed by atoms with Gasteiger partial charge >= 0.3 is 0 Å². The number of hydrogen-bond acceptors (Lipinski definition) is 4. The first kappa shape index (κ1) is 28.1. The zero-order valence-electron chi connectivity index (χ0n) is 26.6. The fourth-order valence-corrected chi connectivity index (χ4v) is 8.08. The van der Waals surface area contributed by atoms with Crippen LogP contribution in [-0.2, 0) is 10.8 Å². The van der Waals surface area contributed by atoms with Crippen LogP contribution in [0.3, 0.4) is 0 Å². The van der Waals surface area contributed by atoms with Crippen LogP contribution in [0, 0.1) is 11.3 Å². The summed E-state index contributed by atoms with van der Waals surface area (Å²) in [6.45, 7) is 4.69. The van der Waals surface area contributed by atoms with Crippen LogP contribution in [0.2, 0.25) is 0 Å². The zero-order valence-corrected chi connectivity index (χ0v) is 26.6. The Hall–Kier alpha value is -6.18. The summed E-state index contributed by atoms with van der Waals surface area (Å²) in [6, 6.07) is 53.2. The number of nitrogens with zero attached hydrogens (tertiary/aromatic N) is 4. The standard InChI is InChI=1S/C44H30N4/c1-43(2)36-19-8-10-21-38(36)44(39-22-11-9-20-37(39)43)34-18-7-6-17-32(34)33-26-31(23-24-35(33)44)42-47-40(29-14-4-3-5-15-29)46-41(48-42)30-16-12-13-28(25-30)27-45/h3-26H,1-2H3. The summed E-state index contributed by atoms with van der Waals surface area (Å²) in [4.78, 5) is 14.9. The fraction of sp³-hybridized carbons (Fsp3) is 0.0909. The van der Waals surface area contributed by atoms with Crippen LogP contribution in [0.1, 0.15) is 52.8 Å². The van der Waals surface area contributed by atoms with Crippen LogP contribution in [-0.4, -0.2) is 15.0 Å². The number of benzene rings is 6. The third-order valence-corrected chi connectivity index (χ3v) is 10.2. The lowest BCUT2D eigenvalue weighted by atomic mass is 9.55. The molecule has 1 heterocycles. The predicted octanol–water partition coefficient (Wildman–Crippen LogP) is 9.75. The molecule has 0 aliphatic heterocycles. The highest BCUT2D eigenvalue weighted by Crippen LogP contribution is 2.62. The zero-order chi connectivity index (χ0) is 32.5. The molecule has 0 radical (unpaired) electrons. The minimum atomic E-state index is -0.454. The number of nitriles is 1. The lowest BCUT2D eigenvalue weighted by Gasteiger charge is -2.46. The average molecular weight is 615 g/mol. The van der Waals surface area contributed by atoms with Crippen LogP contribution in [0.5, 0.6) is 0 Å². The van der Waals surface area contributed by atoms with Gasteiger partial charge in [-0.2, -0.15) is 5.26 Å². The lowest BCUT2D eigenvalue weighted by molar-refractivity contribution is 0.563. The van der Waals surface area contributed by atoms with Gasteiger partial charge in [-0.3, -0.25) is 0 Å². The van der Waals surface area contributed by atoms with Crippen molar-refractivity contribution >= 4 is 0 Å². The highest BCUT2D eigenvalue weighted by atomic mass is 15.0. The minimum absolute atomic E-state index is 0.145. The van der Waals surface area contributed by atoms with E-state index in [1.165, 1.54) is 44.5 Å². The van der Waals surface area contributed by atoms with E-state index in [1.54, 1.807) is 6.07 Å². The molecule has 4 nitrogen and oxygen atoms in total. The molecule has 1 spiro atoms. The molecule has 7 aromatic rings. The molecule has 0 amide bonds. The molecule has 1 aromatic heterocycles. The van der Waals surface area contributed by atoms with Gasteiger partial charge in [-0.05, 0) is 62.7 Å². The molecule has 9 rings (SSSR count). The predicted molar refractivity (Wildman–Crippen MR) is 190 cm³/mol. The second-order valence-corrected chi connectivity index (χ2v) is 13.1. The highest BCUT2D eigenvalue weighted by molar-refractivity contribution is 5.90. The Morgan fingerprint density at radius 3 is 1.58 bits per heavy atom. The largest absolute Gasteiger partial charge is 0.208 e. The van der Waals surface area contributed by atoms with E-state index in [1.807, 2.05) is 48.5 Å². The molecule has 0 fully saturated rings. The van der Waals surface area contributed by atoms with Gasteiger partial charge in [0.25, 0.3) is 0 Å². The average Bonchev–Trinajstić information content (AvgIpc) is 3.44. The van der Waals surface area contributed by atoms with E-state index in [9.17, 15) is 5.26 Å². The Morgan fingerprint density at radius 2 is 0.938 bits per heavy atom. The quantitative estimate of drug-likeness (QED) is 0.199. The maximum absolute atomic E-state index is 9.60. The number of hydrogen-bond donors (Lipinski definition) is 0. The normalized spacial score (nSPS) is 14.4. The van der Waals surface area contributed by atoms with Crippen molar-refractivity contribution < 1.29 is 0 Å². The SMILES string of the molecule is CC1(C)c2ccccc2C2(c3ccccc3-c3cc(-c4nc(-c5ccccc5)nc(-c5cccc(C#N)c5)n4)ccc32)c2ccccc21. The smallest absolute Gasteiger partial charge is 0.164 e. The molecule has 6 aromatic carbocycles. The molecule has 0 saturated heterocycles. The van der Waals surface area contributed by atoms with Gasteiger partial charge in [0.2, 0.25) is 0 Å². The van der Waals surface area contributed by atoms with E-state index < -0.39 is 5.41 Å². The maximum atomic E-state index is 9.60. The van der Waals surface area contributed by atoms with E-state index in [0.717, 1.165) is 16.7 Å². The Balaban J connectivity index is 1.31. The van der Waals surface area contributed by atoms with Gasteiger partial charge in [-0.25, -0.2) is 15.0 Å². The summed E-state index contributed by atoms with van der Waals surface area (Å²) in [5.74, 6) is 1.71. The molecule has 0 saturated carbocycles. The third-order valence-electron chi connectivity index (χ3n) is 10.2. The van der Waals surface area contributed by atoms with Crippen molar-refractivity contribution in [1.29, 1.82) is 5.26 Å². The lowest BCUT2D eigenvalue weighted by Crippen LogP contribution is -2.40. The van der Waals surface area contributed by atoms with Crippen LogP contribution < -0.4 is 0 Å². The van der Waals surface area contributed by atoms with Crippen LogP contribution in [0.4, 0.5) is 0 Å². The molecule has 2 aliphatic carbocycles. The van der Waals surface area contributed by atoms with E-state index in [4.69, 9.17) is 15.0 Å². The molecule has 0 unspecified atom stereocenters. The molecule has 2 aliphatic rings. The third kappa shape index (κ3) is 3.91. The molecular formula is C44H30N4. The van der Waals surface area contributed by atoms with Gasteiger partial charge < -0.3 is 0 Å². The van der Waals surface area contributed by atoms with Gasteiger partial charge in [-0.1, -0.05) is 141 Å². The highest BCUT2D eigenvalue weighted by Gasteiger charge is 2.53. The Kier molecular flexibility index (Phi) is 6.09. The molecule has 226 valence electrons. The molecule has 0 bridgehead atoms. The summed E-state index contributed by atoms with van der Waals surface area (Å²) in [6.07, 6.45) is 0. The molecule has 4 heteroatoms. The van der Waals surface area contributed by atoms with E-state index >= 15 is 0 Å². The monoisotopic (exact) mass is 614 g/mol. The van der Waals surface area contributed by atoms with Crippen LogP contribution in [0.25, 0.3) is 45.3 Å². The van der Waals surface area contributed by atoms with Gasteiger partial charge in [0.05, 0.1) is 17.0 Å². The van der Waals surface area contributed by atoms with E-state index in [-0.39, 0.29) is 5.41 Å². The summed E-state index contributed by atoms with van der Waals surface area (Å²) in [5, 5.41) is 9.60. The second-order valence-electron chi connectivity index (χ2n) is 13.1. The van der Waals surface area contributed by atoms with Gasteiger partial charge in [0.15, 0.2) is 17.5 Å². The topological polar surface area (TPSA) is 62.5 Å². The molecular weight excluding hydrogens is 585 g/mol. The van der Waals surface area contributed by atoms with Crippen LogP contribution in [0.15, 0.2) is 146 Å². The Labute approximate surface area is 280 Å². The number of rotatable bonds is 3. The van der Waals surface area contributed by atoms with Crippen LogP contribution >= 0.6 is 0 Å². The van der Waals surface area contributed by atoms with Crippen molar-refractivity contribution in [1.82, 2.24) is 15.0 Å². The molecule has 48 heavy (non-hydrogen) atoms. The fourth-order valence-electron chi connectivity index (χ4n) is 8.08. The summed E-state index contributed by atoms with van der Waals surface area (Å²) in [7, 11) is 0. The van der Waals surface area contributed by atoms with Crippen molar-refractivity contribution in [2.24, 2.45) is 0 Å². The summed E-state index contributed by atoms with van der Waals surface area (Å²) < 4.78 is 0. The van der Waals surface area contributed by atoms with E-state index in [2.05, 4.69) is 111 Å². The Bertz CT molecular complexity index is 2400. The molecule has 0 N–H and O–H groups in total. The first-order valence-corrected chi connectivity index (χ1v) is 16.3. The van der Waals surface area contributed by atoms with E-state index in [0.29, 0.717) is 23.0 Å². The van der Waals surface area contributed by atoms with Gasteiger partial charge in [-0.15, -0.1) is 0 Å². The number of fused-ring (bicyclic) bond motifs is 9. The maximum Gasteiger partial charge on any atom is 0.164 e. The Morgan fingerprint density at radius 1 is 0.438 bits per heavy atom. The van der Waals surface area contributed by atoms with Crippen molar-refractivity contribution in [2.75, 3.05) is 0 Å². The van der Waals surface area contributed by atoms with Crippen molar-refractivity contribution in [3.63, 3.8) is 0 Å². The first-order valence-electron chi connectivity index (χ1n) is 16.3. The van der Waals surface area contributed by atoms with Crippen molar-refractivity contribution in [3.8, 4) is 51.4 Å². The number of aromatic nitrogens is 3.